The summed E-state index contributed by atoms with van der Waals surface area (Å²) in [5.41, 5.74) is 0.983. The van der Waals surface area contributed by atoms with E-state index in [-0.39, 0.29) is 5.82 Å². The van der Waals surface area contributed by atoms with Crippen molar-refractivity contribution in [2.45, 2.75) is 19.9 Å². The molecular weight excluding hydrogens is 292 g/mol. The van der Waals surface area contributed by atoms with Gasteiger partial charge in [-0.05, 0) is 47.1 Å². The first-order valence-electron chi connectivity index (χ1n) is 5.40. The minimum atomic E-state index is -0.203. The zero-order valence-electron chi connectivity index (χ0n) is 9.35. The van der Waals surface area contributed by atoms with Crippen LogP contribution in [0.4, 0.5) is 4.39 Å². The van der Waals surface area contributed by atoms with Crippen molar-refractivity contribution in [2.75, 3.05) is 19.0 Å². The average Bonchev–Trinajstić information content (AvgIpc) is 2.30. The number of halogens is 3. The summed E-state index contributed by atoms with van der Waals surface area (Å²) in [5, 5.41) is 0. The molecule has 0 saturated carbocycles. The summed E-state index contributed by atoms with van der Waals surface area (Å²) in [6, 6.07) is 5.14. The van der Waals surface area contributed by atoms with Crippen molar-refractivity contribution in [3.63, 3.8) is 0 Å². The summed E-state index contributed by atoms with van der Waals surface area (Å²) < 4.78 is 13.9. The van der Waals surface area contributed by atoms with E-state index in [0.717, 1.165) is 31.6 Å². The van der Waals surface area contributed by atoms with Gasteiger partial charge in [0.25, 0.3) is 0 Å². The number of nitrogens with zero attached hydrogens (tertiary/aromatic N) is 1. The van der Waals surface area contributed by atoms with E-state index in [1.54, 1.807) is 6.07 Å². The Bertz CT molecular complexity index is 333. The molecule has 0 saturated heterocycles. The van der Waals surface area contributed by atoms with Crippen LogP contribution in [0.2, 0.25) is 0 Å². The van der Waals surface area contributed by atoms with Gasteiger partial charge in [0, 0.05) is 12.4 Å². The van der Waals surface area contributed by atoms with Crippen molar-refractivity contribution < 1.29 is 4.39 Å². The molecular formula is C12H16BrClFN. The summed E-state index contributed by atoms with van der Waals surface area (Å²) in [4.78, 5) is 2.25. The summed E-state index contributed by atoms with van der Waals surface area (Å²) in [6.45, 7) is 4.75. The third kappa shape index (κ3) is 4.04. The number of hydrogen-bond acceptors (Lipinski definition) is 1. The van der Waals surface area contributed by atoms with Gasteiger partial charge in [0.05, 0.1) is 4.47 Å². The molecule has 0 radical (unpaired) electrons. The predicted molar refractivity (Wildman–Crippen MR) is 70.4 cm³/mol. The molecule has 1 aromatic rings. The van der Waals surface area contributed by atoms with Crippen LogP contribution >= 0.6 is 27.5 Å². The Kier molecular flexibility index (Phi) is 6.32. The maximum Gasteiger partial charge on any atom is 0.137 e. The second kappa shape index (κ2) is 7.25. The zero-order chi connectivity index (χ0) is 12.0. The zero-order valence-corrected chi connectivity index (χ0v) is 11.7. The first-order chi connectivity index (χ1) is 7.69. The van der Waals surface area contributed by atoms with E-state index < -0.39 is 0 Å². The van der Waals surface area contributed by atoms with Gasteiger partial charge in [0.15, 0.2) is 0 Å². The van der Waals surface area contributed by atoms with Gasteiger partial charge in [-0.2, -0.15) is 0 Å². The van der Waals surface area contributed by atoms with Crippen molar-refractivity contribution in [3.8, 4) is 0 Å². The maximum atomic E-state index is 13.3. The van der Waals surface area contributed by atoms with Crippen LogP contribution in [0.25, 0.3) is 0 Å². The van der Waals surface area contributed by atoms with Gasteiger partial charge in [-0.15, -0.1) is 11.6 Å². The fourth-order valence-electron chi connectivity index (χ4n) is 1.54. The first kappa shape index (κ1) is 13.9. The van der Waals surface area contributed by atoms with Crippen LogP contribution in [0.1, 0.15) is 18.9 Å². The fourth-order valence-corrected chi connectivity index (χ4v) is 2.05. The smallest absolute Gasteiger partial charge is 0.137 e. The number of hydrogen-bond donors (Lipinski definition) is 0. The molecule has 1 nitrogen and oxygen atoms in total. The molecule has 16 heavy (non-hydrogen) atoms. The molecule has 0 aliphatic carbocycles. The molecule has 0 spiro atoms. The van der Waals surface area contributed by atoms with Crippen LogP contribution in [0.3, 0.4) is 0 Å². The van der Waals surface area contributed by atoms with Crippen LogP contribution in [-0.4, -0.2) is 23.9 Å². The lowest BCUT2D eigenvalue weighted by atomic mass is 10.2. The highest BCUT2D eigenvalue weighted by molar-refractivity contribution is 9.10. The van der Waals surface area contributed by atoms with Gasteiger partial charge < -0.3 is 0 Å². The average molecular weight is 309 g/mol. The molecule has 4 heteroatoms. The molecule has 0 unspecified atom stereocenters. The maximum absolute atomic E-state index is 13.3. The molecule has 0 aliphatic rings. The van der Waals surface area contributed by atoms with E-state index in [2.05, 4.69) is 27.8 Å². The fraction of sp³-hybridized carbons (Fsp3) is 0.500. The Morgan fingerprint density at radius 3 is 2.81 bits per heavy atom. The third-order valence-electron chi connectivity index (χ3n) is 2.48. The minimum absolute atomic E-state index is 0.203. The molecule has 0 fully saturated rings. The molecule has 0 aliphatic heterocycles. The van der Waals surface area contributed by atoms with E-state index in [0.29, 0.717) is 10.4 Å². The Morgan fingerprint density at radius 1 is 1.44 bits per heavy atom. The topological polar surface area (TPSA) is 3.24 Å². The molecule has 0 amide bonds. The Hall–Kier alpha value is -0.120. The first-order valence-corrected chi connectivity index (χ1v) is 6.73. The monoisotopic (exact) mass is 307 g/mol. The third-order valence-corrected chi connectivity index (χ3v) is 3.64. The summed E-state index contributed by atoms with van der Waals surface area (Å²) in [6.07, 6.45) is 0.961. The SMILES string of the molecule is CCN(CCCCl)Cc1cccc(F)c1Br. The Balaban J connectivity index is 2.66. The van der Waals surface area contributed by atoms with E-state index in [9.17, 15) is 4.39 Å². The summed E-state index contributed by atoms with van der Waals surface area (Å²) in [5.74, 6) is 0.465. The minimum Gasteiger partial charge on any atom is -0.299 e. The van der Waals surface area contributed by atoms with Crippen LogP contribution in [0, 0.1) is 5.82 Å². The van der Waals surface area contributed by atoms with Gasteiger partial charge in [-0.3, -0.25) is 4.90 Å². The molecule has 0 heterocycles. The van der Waals surface area contributed by atoms with Gasteiger partial charge >= 0.3 is 0 Å². The van der Waals surface area contributed by atoms with Crippen molar-refractivity contribution in [2.24, 2.45) is 0 Å². The molecule has 90 valence electrons. The molecule has 0 aromatic heterocycles. The molecule has 1 aromatic carbocycles. The van der Waals surface area contributed by atoms with Crippen LogP contribution in [0.15, 0.2) is 22.7 Å². The highest BCUT2D eigenvalue weighted by Crippen LogP contribution is 2.21. The van der Waals surface area contributed by atoms with Crippen molar-refractivity contribution in [1.29, 1.82) is 0 Å². The lowest BCUT2D eigenvalue weighted by Crippen LogP contribution is -2.24. The van der Waals surface area contributed by atoms with Crippen molar-refractivity contribution in [3.05, 3.63) is 34.1 Å². The summed E-state index contributed by atoms with van der Waals surface area (Å²) in [7, 11) is 0. The largest absolute Gasteiger partial charge is 0.299 e. The molecule has 0 N–H and O–H groups in total. The Labute approximate surface area is 110 Å². The molecule has 1 rings (SSSR count). The van der Waals surface area contributed by atoms with Crippen LogP contribution < -0.4 is 0 Å². The number of rotatable bonds is 6. The highest BCUT2D eigenvalue weighted by Gasteiger charge is 2.08. The predicted octanol–water partition coefficient (Wildman–Crippen LogP) is 4.04. The van der Waals surface area contributed by atoms with E-state index in [4.69, 9.17) is 11.6 Å². The second-order valence-corrected chi connectivity index (χ2v) is 4.80. The quantitative estimate of drug-likeness (QED) is 0.717. The van der Waals surface area contributed by atoms with E-state index in [1.807, 2.05) is 6.07 Å². The lowest BCUT2D eigenvalue weighted by Gasteiger charge is -2.20. The van der Waals surface area contributed by atoms with Gasteiger partial charge in [0.2, 0.25) is 0 Å². The van der Waals surface area contributed by atoms with Gasteiger partial charge in [0.1, 0.15) is 5.82 Å². The normalized spacial score (nSPS) is 11.1. The van der Waals surface area contributed by atoms with Crippen LogP contribution in [-0.2, 0) is 6.54 Å². The number of alkyl halides is 1. The van der Waals surface area contributed by atoms with Crippen molar-refractivity contribution >= 4 is 27.5 Å². The van der Waals surface area contributed by atoms with Crippen LogP contribution in [0.5, 0.6) is 0 Å². The standard InChI is InChI=1S/C12H16BrClFN/c1-2-16(8-4-7-14)9-10-5-3-6-11(15)12(10)13/h3,5-6H,2,4,7-9H2,1H3. The number of benzene rings is 1. The van der Waals surface area contributed by atoms with Gasteiger partial charge in [-0.25, -0.2) is 4.39 Å². The van der Waals surface area contributed by atoms with E-state index in [1.165, 1.54) is 6.07 Å². The second-order valence-electron chi connectivity index (χ2n) is 3.62. The summed E-state index contributed by atoms with van der Waals surface area (Å²) >= 11 is 8.94. The van der Waals surface area contributed by atoms with Gasteiger partial charge in [-0.1, -0.05) is 19.1 Å². The van der Waals surface area contributed by atoms with Crippen molar-refractivity contribution in [1.82, 2.24) is 4.90 Å². The Morgan fingerprint density at radius 2 is 2.19 bits per heavy atom. The highest BCUT2D eigenvalue weighted by atomic mass is 79.9. The van der Waals surface area contributed by atoms with E-state index >= 15 is 0 Å². The molecule has 0 bridgehead atoms. The molecule has 0 atom stereocenters. The lowest BCUT2D eigenvalue weighted by molar-refractivity contribution is 0.280.